The van der Waals surface area contributed by atoms with Crippen LogP contribution in [0, 0.1) is 28.9 Å². The molecule has 8 heteroatoms. The van der Waals surface area contributed by atoms with Crippen LogP contribution in [0.15, 0.2) is 18.2 Å². The Balaban J connectivity index is 1.88. The molecule has 25 heavy (non-hydrogen) atoms. The van der Waals surface area contributed by atoms with Gasteiger partial charge in [-0.05, 0) is 49.5 Å². The summed E-state index contributed by atoms with van der Waals surface area (Å²) in [5.41, 5.74) is 5.99. The van der Waals surface area contributed by atoms with Crippen LogP contribution in [-0.2, 0) is 0 Å². The van der Waals surface area contributed by atoms with Crippen LogP contribution in [-0.4, -0.2) is 22.0 Å². The Kier molecular flexibility index (Phi) is 6.30. The smallest absolute Gasteiger partial charge is 0.272 e. The van der Waals surface area contributed by atoms with E-state index < -0.39 is 10.8 Å². The van der Waals surface area contributed by atoms with E-state index in [-0.39, 0.29) is 5.69 Å². The predicted molar refractivity (Wildman–Crippen MR) is 100 cm³/mol. The van der Waals surface area contributed by atoms with E-state index >= 15 is 0 Å². The van der Waals surface area contributed by atoms with Crippen LogP contribution in [0.4, 0.5) is 5.69 Å². The first-order valence-electron chi connectivity index (χ1n) is 8.41. The van der Waals surface area contributed by atoms with E-state index in [2.05, 4.69) is 30.0 Å². The van der Waals surface area contributed by atoms with Gasteiger partial charge in [0.2, 0.25) is 0 Å². The van der Waals surface area contributed by atoms with E-state index in [1.54, 1.807) is 6.92 Å². The van der Waals surface area contributed by atoms with Gasteiger partial charge in [-0.15, -0.1) is 0 Å². The SMILES string of the molecule is Cc1cc(C(=O)NNC(=S)N[C@@H]2CCC[C@H](C)[C@@H]2C)ccc1[N+](=O)[O-]. The molecule has 136 valence electrons. The van der Waals surface area contributed by atoms with Gasteiger partial charge in [-0.2, -0.15) is 0 Å². The molecule has 2 rings (SSSR count). The highest BCUT2D eigenvalue weighted by Gasteiger charge is 2.27. The molecule has 1 saturated carbocycles. The third kappa shape index (κ3) is 4.88. The lowest BCUT2D eigenvalue weighted by Gasteiger charge is -2.35. The highest BCUT2D eigenvalue weighted by Crippen LogP contribution is 2.29. The van der Waals surface area contributed by atoms with Crippen molar-refractivity contribution in [1.29, 1.82) is 0 Å². The van der Waals surface area contributed by atoms with Gasteiger partial charge >= 0.3 is 0 Å². The summed E-state index contributed by atoms with van der Waals surface area (Å²) >= 11 is 5.25. The Labute approximate surface area is 152 Å². The van der Waals surface area contributed by atoms with Crippen molar-refractivity contribution in [3.8, 4) is 0 Å². The van der Waals surface area contributed by atoms with Crippen molar-refractivity contribution >= 4 is 28.9 Å². The lowest BCUT2D eigenvalue weighted by molar-refractivity contribution is -0.385. The Morgan fingerprint density at radius 3 is 2.64 bits per heavy atom. The van der Waals surface area contributed by atoms with Gasteiger partial charge in [-0.25, -0.2) is 0 Å². The number of benzene rings is 1. The molecule has 0 radical (unpaired) electrons. The molecule has 1 aliphatic rings. The molecule has 0 bridgehead atoms. The molecule has 3 atom stereocenters. The second-order valence-electron chi connectivity index (χ2n) is 6.68. The summed E-state index contributed by atoms with van der Waals surface area (Å²) in [6, 6.07) is 4.52. The van der Waals surface area contributed by atoms with E-state index in [1.165, 1.54) is 31.0 Å². The average molecular weight is 364 g/mol. The van der Waals surface area contributed by atoms with E-state index in [0.29, 0.717) is 34.1 Å². The average Bonchev–Trinajstić information content (AvgIpc) is 2.56. The minimum absolute atomic E-state index is 0.0119. The predicted octanol–water partition coefficient (Wildman–Crippen LogP) is 2.84. The molecule has 1 aliphatic carbocycles. The molecule has 0 aromatic heterocycles. The molecular formula is C17H24N4O3S. The van der Waals surface area contributed by atoms with Crippen LogP contribution in [0.25, 0.3) is 0 Å². The molecular weight excluding hydrogens is 340 g/mol. The zero-order valence-electron chi connectivity index (χ0n) is 14.7. The van der Waals surface area contributed by atoms with Gasteiger partial charge in [0.05, 0.1) is 4.92 Å². The van der Waals surface area contributed by atoms with Crippen molar-refractivity contribution in [1.82, 2.24) is 16.2 Å². The van der Waals surface area contributed by atoms with Gasteiger partial charge in [-0.3, -0.25) is 25.8 Å². The minimum Gasteiger partial charge on any atom is -0.358 e. The van der Waals surface area contributed by atoms with Crippen LogP contribution in [0.2, 0.25) is 0 Å². The number of carbonyl (C=O) groups is 1. The molecule has 1 fully saturated rings. The summed E-state index contributed by atoms with van der Waals surface area (Å²) < 4.78 is 0. The summed E-state index contributed by atoms with van der Waals surface area (Å²) in [6.07, 6.45) is 3.46. The lowest BCUT2D eigenvalue weighted by Crippen LogP contribution is -2.52. The fourth-order valence-electron chi connectivity index (χ4n) is 3.18. The zero-order valence-corrected chi connectivity index (χ0v) is 15.5. The first-order valence-corrected chi connectivity index (χ1v) is 8.82. The molecule has 0 saturated heterocycles. The van der Waals surface area contributed by atoms with Crippen LogP contribution in [0.3, 0.4) is 0 Å². The van der Waals surface area contributed by atoms with Crippen molar-refractivity contribution in [2.75, 3.05) is 0 Å². The maximum atomic E-state index is 12.2. The molecule has 1 aromatic rings. The fraction of sp³-hybridized carbons (Fsp3) is 0.529. The number of hydrogen-bond acceptors (Lipinski definition) is 4. The number of carbonyl (C=O) groups excluding carboxylic acids is 1. The van der Waals surface area contributed by atoms with Gasteiger partial charge in [0, 0.05) is 23.2 Å². The van der Waals surface area contributed by atoms with Gasteiger partial charge in [0.25, 0.3) is 11.6 Å². The van der Waals surface area contributed by atoms with Gasteiger partial charge < -0.3 is 5.32 Å². The van der Waals surface area contributed by atoms with Crippen molar-refractivity contribution in [2.24, 2.45) is 11.8 Å². The summed E-state index contributed by atoms with van der Waals surface area (Å²) in [7, 11) is 0. The normalized spacial score (nSPS) is 22.8. The number of thiocarbonyl (C=S) groups is 1. The van der Waals surface area contributed by atoms with Crippen LogP contribution < -0.4 is 16.2 Å². The number of hydrogen-bond donors (Lipinski definition) is 3. The number of aryl methyl sites for hydroxylation is 1. The first kappa shape index (κ1) is 19.1. The van der Waals surface area contributed by atoms with Crippen molar-refractivity contribution in [2.45, 2.75) is 46.1 Å². The summed E-state index contributed by atoms with van der Waals surface area (Å²) in [5.74, 6) is 0.764. The Morgan fingerprint density at radius 2 is 2.00 bits per heavy atom. The van der Waals surface area contributed by atoms with Crippen molar-refractivity contribution < 1.29 is 9.72 Å². The van der Waals surface area contributed by atoms with E-state index in [0.717, 1.165) is 6.42 Å². The fourth-order valence-corrected chi connectivity index (χ4v) is 3.38. The third-order valence-electron chi connectivity index (χ3n) is 4.97. The van der Waals surface area contributed by atoms with Crippen LogP contribution in [0.1, 0.15) is 49.0 Å². The largest absolute Gasteiger partial charge is 0.358 e. The second-order valence-corrected chi connectivity index (χ2v) is 7.09. The van der Waals surface area contributed by atoms with E-state index in [9.17, 15) is 14.9 Å². The standard InChI is InChI=1S/C17H24N4O3S/c1-10-5-4-6-14(12(10)3)18-17(25)20-19-16(22)13-7-8-15(21(23)24)11(2)9-13/h7-10,12,14H,4-6H2,1-3H3,(H,19,22)(H2,18,20,25)/t10-,12-,14+/m0/s1. The quantitative estimate of drug-likeness (QED) is 0.434. The highest BCUT2D eigenvalue weighted by atomic mass is 32.1. The second kappa shape index (κ2) is 8.24. The number of amides is 1. The Morgan fingerprint density at radius 1 is 1.28 bits per heavy atom. The number of nitro groups is 1. The van der Waals surface area contributed by atoms with Crippen molar-refractivity contribution in [3.63, 3.8) is 0 Å². The molecule has 7 nitrogen and oxygen atoms in total. The van der Waals surface area contributed by atoms with Crippen LogP contribution >= 0.6 is 12.2 Å². The maximum absolute atomic E-state index is 12.2. The Bertz CT molecular complexity index is 680. The molecule has 3 N–H and O–H groups in total. The van der Waals surface area contributed by atoms with E-state index in [4.69, 9.17) is 12.2 Å². The van der Waals surface area contributed by atoms with Gasteiger partial charge in [0.1, 0.15) is 0 Å². The van der Waals surface area contributed by atoms with E-state index in [1.807, 2.05) is 0 Å². The molecule has 1 aromatic carbocycles. The summed E-state index contributed by atoms with van der Waals surface area (Å²) in [5, 5.41) is 14.5. The number of nitrogens with one attached hydrogen (secondary N) is 3. The number of nitro benzene ring substituents is 1. The molecule has 0 spiro atoms. The molecule has 1 amide bonds. The highest BCUT2D eigenvalue weighted by molar-refractivity contribution is 7.80. The number of hydrazine groups is 1. The van der Waals surface area contributed by atoms with Crippen molar-refractivity contribution in [3.05, 3.63) is 39.4 Å². The monoisotopic (exact) mass is 364 g/mol. The maximum Gasteiger partial charge on any atom is 0.272 e. The number of nitrogens with zero attached hydrogens (tertiary/aromatic N) is 1. The third-order valence-corrected chi connectivity index (χ3v) is 5.19. The van der Waals surface area contributed by atoms with Gasteiger partial charge in [0.15, 0.2) is 5.11 Å². The number of rotatable bonds is 3. The Hall–Kier alpha value is -2.22. The molecule has 0 aliphatic heterocycles. The lowest BCUT2D eigenvalue weighted by atomic mass is 9.78. The van der Waals surface area contributed by atoms with Gasteiger partial charge in [-0.1, -0.05) is 26.7 Å². The van der Waals surface area contributed by atoms with Crippen LogP contribution in [0.5, 0.6) is 0 Å². The topological polar surface area (TPSA) is 96.3 Å². The first-order chi connectivity index (χ1) is 11.8. The molecule has 0 unspecified atom stereocenters. The molecule has 0 heterocycles. The summed E-state index contributed by atoms with van der Waals surface area (Å²) in [6.45, 7) is 6.05. The summed E-state index contributed by atoms with van der Waals surface area (Å²) in [4.78, 5) is 22.5. The zero-order chi connectivity index (χ0) is 18.6. The minimum atomic E-state index is -0.472.